The smallest absolute Gasteiger partial charge is 0.238 e. The fourth-order valence-corrected chi connectivity index (χ4v) is 4.00. The molecule has 1 saturated heterocycles. The van der Waals surface area contributed by atoms with E-state index >= 15 is 0 Å². The molecular weight excluding hydrogens is 358 g/mol. The number of aryl methyl sites for hydroxylation is 4. The molecule has 144 valence electrons. The molecule has 0 aliphatic carbocycles. The van der Waals surface area contributed by atoms with Crippen LogP contribution in [0.25, 0.3) is 0 Å². The Morgan fingerprint density at radius 3 is 2.22 bits per heavy atom. The highest BCUT2D eigenvalue weighted by atomic mass is 35.5. The maximum atomic E-state index is 12.5. The zero-order valence-corrected chi connectivity index (χ0v) is 17.4. The van der Waals surface area contributed by atoms with Crippen molar-refractivity contribution < 1.29 is 4.79 Å². The average molecular weight is 386 g/mol. The molecule has 1 aliphatic rings. The number of nitrogens with one attached hydrogen (secondary N) is 1. The standard InChI is InChI=1S/C22H28ClN3O/c1-15-11-17(3)22(18(4)12-15)24-21(27)14-25-7-9-26(10-8-25)20-13-19(23)6-5-16(20)2/h5-6,11-13H,7-10,14H2,1-4H3,(H,24,27). The summed E-state index contributed by atoms with van der Waals surface area (Å²) in [6.07, 6.45) is 0. The number of carbonyl (C=O) groups excluding carboxylic acids is 1. The summed E-state index contributed by atoms with van der Waals surface area (Å²) in [6.45, 7) is 12.2. The van der Waals surface area contributed by atoms with E-state index in [1.165, 1.54) is 16.8 Å². The van der Waals surface area contributed by atoms with Gasteiger partial charge in [-0.15, -0.1) is 0 Å². The first-order chi connectivity index (χ1) is 12.8. The molecule has 1 fully saturated rings. The lowest BCUT2D eigenvalue weighted by molar-refractivity contribution is -0.117. The summed E-state index contributed by atoms with van der Waals surface area (Å²) in [5, 5.41) is 3.87. The van der Waals surface area contributed by atoms with Gasteiger partial charge in [-0.1, -0.05) is 35.4 Å². The third-order valence-electron chi connectivity index (χ3n) is 5.19. The zero-order valence-electron chi connectivity index (χ0n) is 16.6. The van der Waals surface area contributed by atoms with Gasteiger partial charge >= 0.3 is 0 Å². The summed E-state index contributed by atoms with van der Waals surface area (Å²) < 4.78 is 0. The maximum Gasteiger partial charge on any atom is 0.238 e. The molecular formula is C22H28ClN3O. The van der Waals surface area contributed by atoms with E-state index in [0.29, 0.717) is 6.54 Å². The van der Waals surface area contributed by atoms with Crippen molar-refractivity contribution >= 4 is 28.9 Å². The molecule has 2 aromatic carbocycles. The van der Waals surface area contributed by atoms with Crippen LogP contribution in [0.3, 0.4) is 0 Å². The predicted molar refractivity (Wildman–Crippen MR) is 114 cm³/mol. The third kappa shape index (κ3) is 4.82. The number of carbonyl (C=O) groups is 1. The highest BCUT2D eigenvalue weighted by Crippen LogP contribution is 2.25. The van der Waals surface area contributed by atoms with Crippen molar-refractivity contribution in [3.63, 3.8) is 0 Å². The first-order valence-electron chi connectivity index (χ1n) is 9.44. The second-order valence-corrected chi connectivity index (χ2v) is 7.95. The molecule has 0 radical (unpaired) electrons. The summed E-state index contributed by atoms with van der Waals surface area (Å²) in [5.74, 6) is 0.0532. The van der Waals surface area contributed by atoms with Gasteiger partial charge in [0.25, 0.3) is 0 Å². The maximum absolute atomic E-state index is 12.5. The summed E-state index contributed by atoms with van der Waals surface area (Å²) in [7, 11) is 0. The number of amides is 1. The number of nitrogens with zero attached hydrogens (tertiary/aromatic N) is 2. The van der Waals surface area contributed by atoms with E-state index < -0.39 is 0 Å². The number of piperazine rings is 1. The molecule has 0 unspecified atom stereocenters. The summed E-state index contributed by atoms with van der Waals surface area (Å²) >= 11 is 6.16. The minimum Gasteiger partial charge on any atom is -0.369 e. The highest BCUT2D eigenvalue weighted by molar-refractivity contribution is 6.30. The van der Waals surface area contributed by atoms with Crippen molar-refractivity contribution in [3.8, 4) is 0 Å². The molecule has 1 heterocycles. The lowest BCUT2D eigenvalue weighted by Crippen LogP contribution is -2.48. The number of hydrogen-bond acceptors (Lipinski definition) is 3. The van der Waals surface area contributed by atoms with E-state index in [9.17, 15) is 4.79 Å². The third-order valence-corrected chi connectivity index (χ3v) is 5.43. The Morgan fingerprint density at radius 2 is 1.59 bits per heavy atom. The largest absolute Gasteiger partial charge is 0.369 e. The molecule has 3 rings (SSSR count). The van der Waals surface area contributed by atoms with Gasteiger partial charge in [0.05, 0.1) is 6.54 Å². The Morgan fingerprint density at radius 1 is 0.963 bits per heavy atom. The molecule has 0 bridgehead atoms. The minimum atomic E-state index is 0.0532. The number of halogens is 1. The molecule has 2 aromatic rings. The second-order valence-electron chi connectivity index (χ2n) is 7.52. The fraction of sp³-hybridized carbons (Fsp3) is 0.409. The quantitative estimate of drug-likeness (QED) is 0.850. The number of benzene rings is 2. The summed E-state index contributed by atoms with van der Waals surface area (Å²) in [4.78, 5) is 17.1. The lowest BCUT2D eigenvalue weighted by Gasteiger charge is -2.36. The molecule has 0 aromatic heterocycles. The first-order valence-corrected chi connectivity index (χ1v) is 9.82. The first kappa shape index (κ1) is 19.7. The minimum absolute atomic E-state index is 0.0532. The van der Waals surface area contributed by atoms with Crippen LogP contribution in [0, 0.1) is 27.7 Å². The monoisotopic (exact) mass is 385 g/mol. The van der Waals surface area contributed by atoms with Gasteiger partial charge in [0.2, 0.25) is 5.91 Å². The van der Waals surface area contributed by atoms with E-state index in [0.717, 1.165) is 48.0 Å². The van der Waals surface area contributed by atoms with Gasteiger partial charge in [-0.2, -0.15) is 0 Å². The Kier molecular flexibility index (Phi) is 6.08. The van der Waals surface area contributed by atoms with E-state index in [4.69, 9.17) is 11.6 Å². The molecule has 1 amide bonds. The molecule has 0 atom stereocenters. The van der Waals surface area contributed by atoms with Crippen LogP contribution in [-0.4, -0.2) is 43.5 Å². The van der Waals surface area contributed by atoms with E-state index in [1.54, 1.807) is 0 Å². The van der Waals surface area contributed by atoms with Crippen LogP contribution >= 0.6 is 11.6 Å². The summed E-state index contributed by atoms with van der Waals surface area (Å²) in [5.41, 5.74) is 6.81. The van der Waals surface area contributed by atoms with Crippen molar-refractivity contribution in [2.24, 2.45) is 0 Å². The molecule has 0 spiro atoms. The lowest BCUT2D eigenvalue weighted by atomic mass is 10.1. The van der Waals surface area contributed by atoms with Crippen molar-refractivity contribution in [3.05, 3.63) is 57.6 Å². The van der Waals surface area contributed by atoms with Crippen LogP contribution in [-0.2, 0) is 4.79 Å². The van der Waals surface area contributed by atoms with Crippen LogP contribution < -0.4 is 10.2 Å². The van der Waals surface area contributed by atoms with Crippen LogP contribution in [0.5, 0.6) is 0 Å². The van der Waals surface area contributed by atoms with Crippen molar-refractivity contribution in [1.29, 1.82) is 0 Å². The van der Waals surface area contributed by atoms with Gasteiger partial charge in [0.1, 0.15) is 0 Å². The second kappa shape index (κ2) is 8.32. The molecule has 1 N–H and O–H groups in total. The van der Waals surface area contributed by atoms with Gasteiger partial charge in [-0.3, -0.25) is 9.69 Å². The van der Waals surface area contributed by atoms with Crippen molar-refractivity contribution in [2.75, 3.05) is 42.9 Å². The molecule has 27 heavy (non-hydrogen) atoms. The molecule has 1 aliphatic heterocycles. The number of anilines is 2. The molecule has 0 saturated carbocycles. The van der Waals surface area contributed by atoms with Gasteiger partial charge in [-0.25, -0.2) is 0 Å². The van der Waals surface area contributed by atoms with Crippen molar-refractivity contribution in [1.82, 2.24) is 4.90 Å². The van der Waals surface area contributed by atoms with E-state index in [1.807, 2.05) is 26.0 Å². The predicted octanol–water partition coefficient (Wildman–Crippen LogP) is 4.33. The van der Waals surface area contributed by atoms with Crippen LogP contribution in [0.2, 0.25) is 5.02 Å². The summed E-state index contributed by atoms with van der Waals surface area (Å²) in [6, 6.07) is 10.2. The Labute approximate surface area is 167 Å². The van der Waals surface area contributed by atoms with Gasteiger partial charge in [0, 0.05) is 42.6 Å². The van der Waals surface area contributed by atoms with E-state index in [2.05, 4.69) is 47.2 Å². The van der Waals surface area contributed by atoms with Gasteiger partial charge in [-0.05, 0) is 56.5 Å². The Bertz CT molecular complexity index is 818. The van der Waals surface area contributed by atoms with Crippen molar-refractivity contribution in [2.45, 2.75) is 27.7 Å². The highest BCUT2D eigenvalue weighted by Gasteiger charge is 2.21. The van der Waals surface area contributed by atoms with Crippen LogP contribution in [0.1, 0.15) is 22.3 Å². The topological polar surface area (TPSA) is 35.6 Å². The fourth-order valence-electron chi connectivity index (χ4n) is 3.83. The molecule has 5 heteroatoms. The Balaban J connectivity index is 1.56. The number of hydrogen-bond donors (Lipinski definition) is 1. The zero-order chi connectivity index (χ0) is 19.6. The average Bonchev–Trinajstić information content (AvgIpc) is 2.61. The number of rotatable bonds is 4. The van der Waals surface area contributed by atoms with Crippen LogP contribution in [0.15, 0.2) is 30.3 Å². The molecule has 4 nitrogen and oxygen atoms in total. The van der Waals surface area contributed by atoms with Gasteiger partial charge in [0.15, 0.2) is 0 Å². The van der Waals surface area contributed by atoms with Gasteiger partial charge < -0.3 is 10.2 Å². The SMILES string of the molecule is Cc1cc(C)c(NC(=O)CN2CCN(c3cc(Cl)ccc3C)CC2)c(C)c1. The van der Waals surface area contributed by atoms with E-state index in [-0.39, 0.29) is 5.91 Å². The normalized spacial score (nSPS) is 15.1. The Hall–Kier alpha value is -2.04. The van der Waals surface area contributed by atoms with Crippen LogP contribution in [0.4, 0.5) is 11.4 Å².